The van der Waals surface area contributed by atoms with Crippen molar-refractivity contribution in [3.63, 3.8) is 0 Å². The highest BCUT2D eigenvalue weighted by Crippen LogP contribution is 2.30. The first kappa shape index (κ1) is 9.12. The largest absolute Gasteiger partial charge is 0.387 e. The molecule has 0 unspecified atom stereocenters. The topological polar surface area (TPSA) is 38.4 Å². The lowest BCUT2D eigenvalue weighted by Gasteiger charge is -1.99. The zero-order chi connectivity index (χ0) is 10.1. The lowest BCUT2D eigenvalue weighted by Crippen LogP contribution is -2.13. The first-order valence-electron chi connectivity index (χ1n) is 4.46. The first-order chi connectivity index (χ1) is 6.66. The molecule has 0 heterocycles. The Morgan fingerprint density at radius 1 is 1.36 bits per heavy atom. The van der Waals surface area contributed by atoms with Crippen LogP contribution in [-0.4, -0.2) is 5.84 Å². The third-order valence-electron chi connectivity index (χ3n) is 2.15. The van der Waals surface area contributed by atoms with Crippen LogP contribution in [0.3, 0.4) is 0 Å². The SMILES string of the molecule is NC(=Nc1cc(F)ccc1F)C1CC1. The molecule has 2 rings (SSSR count). The van der Waals surface area contributed by atoms with Crippen molar-refractivity contribution in [2.45, 2.75) is 12.8 Å². The fourth-order valence-electron chi connectivity index (χ4n) is 1.18. The molecule has 74 valence electrons. The van der Waals surface area contributed by atoms with Crippen molar-refractivity contribution in [1.82, 2.24) is 0 Å². The van der Waals surface area contributed by atoms with Crippen LogP contribution in [0.4, 0.5) is 14.5 Å². The highest BCUT2D eigenvalue weighted by Gasteiger charge is 2.25. The number of nitrogens with two attached hydrogens (primary N) is 1. The summed E-state index contributed by atoms with van der Waals surface area (Å²) in [5.74, 6) is -0.393. The summed E-state index contributed by atoms with van der Waals surface area (Å²) in [6, 6.07) is 3.15. The Morgan fingerprint density at radius 2 is 2.07 bits per heavy atom. The summed E-state index contributed by atoms with van der Waals surface area (Å²) in [7, 11) is 0. The van der Waals surface area contributed by atoms with Crippen LogP contribution >= 0.6 is 0 Å². The van der Waals surface area contributed by atoms with Gasteiger partial charge in [0.05, 0.1) is 0 Å². The number of nitrogens with zero attached hydrogens (tertiary/aromatic N) is 1. The minimum atomic E-state index is -0.546. The van der Waals surface area contributed by atoms with Gasteiger partial charge < -0.3 is 5.73 Å². The normalized spacial score (nSPS) is 17.1. The van der Waals surface area contributed by atoms with E-state index >= 15 is 0 Å². The third kappa shape index (κ3) is 1.89. The van der Waals surface area contributed by atoms with E-state index in [0.29, 0.717) is 5.84 Å². The van der Waals surface area contributed by atoms with Gasteiger partial charge in [-0.15, -0.1) is 0 Å². The number of benzene rings is 1. The molecule has 1 aliphatic rings. The minimum Gasteiger partial charge on any atom is -0.387 e. The van der Waals surface area contributed by atoms with E-state index in [9.17, 15) is 8.78 Å². The summed E-state index contributed by atoms with van der Waals surface area (Å²) in [5, 5.41) is 0. The number of hydrogen-bond acceptors (Lipinski definition) is 1. The van der Waals surface area contributed by atoms with Crippen molar-refractivity contribution in [3.8, 4) is 0 Å². The molecule has 0 aromatic heterocycles. The zero-order valence-electron chi connectivity index (χ0n) is 7.50. The smallest absolute Gasteiger partial charge is 0.149 e. The standard InChI is InChI=1S/C10H10F2N2/c11-7-3-4-8(12)9(5-7)14-10(13)6-1-2-6/h3-6H,1-2H2,(H2,13,14). The molecule has 0 atom stereocenters. The summed E-state index contributed by atoms with van der Waals surface area (Å²) in [6.07, 6.45) is 1.98. The van der Waals surface area contributed by atoms with Crippen molar-refractivity contribution in [2.24, 2.45) is 16.6 Å². The highest BCUT2D eigenvalue weighted by atomic mass is 19.1. The van der Waals surface area contributed by atoms with E-state index in [2.05, 4.69) is 4.99 Å². The Balaban J connectivity index is 2.30. The Kier molecular flexibility index (Phi) is 2.19. The molecule has 1 aliphatic carbocycles. The van der Waals surface area contributed by atoms with Crippen molar-refractivity contribution >= 4 is 11.5 Å². The van der Waals surface area contributed by atoms with Gasteiger partial charge in [-0.1, -0.05) is 0 Å². The molecule has 0 saturated heterocycles. The number of amidine groups is 1. The van der Waals surface area contributed by atoms with E-state index in [0.717, 1.165) is 31.0 Å². The van der Waals surface area contributed by atoms with Gasteiger partial charge in [-0.3, -0.25) is 0 Å². The van der Waals surface area contributed by atoms with Gasteiger partial charge in [0, 0.05) is 12.0 Å². The molecule has 1 aromatic rings. The van der Waals surface area contributed by atoms with E-state index in [4.69, 9.17) is 5.73 Å². The predicted octanol–water partition coefficient (Wildman–Crippen LogP) is 2.36. The fourth-order valence-corrected chi connectivity index (χ4v) is 1.18. The van der Waals surface area contributed by atoms with Crippen molar-refractivity contribution < 1.29 is 8.78 Å². The van der Waals surface area contributed by atoms with E-state index in [1.54, 1.807) is 0 Å². The van der Waals surface area contributed by atoms with Crippen molar-refractivity contribution in [1.29, 1.82) is 0 Å². The number of hydrogen-bond donors (Lipinski definition) is 1. The lowest BCUT2D eigenvalue weighted by atomic mass is 10.3. The molecular weight excluding hydrogens is 186 g/mol. The van der Waals surface area contributed by atoms with Crippen LogP contribution in [0, 0.1) is 17.6 Å². The van der Waals surface area contributed by atoms with E-state index in [-0.39, 0.29) is 11.6 Å². The molecule has 1 saturated carbocycles. The molecular formula is C10H10F2N2. The highest BCUT2D eigenvalue weighted by molar-refractivity contribution is 5.87. The van der Waals surface area contributed by atoms with Gasteiger partial charge in [0.25, 0.3) is 0 Å². The number of halogens is 2. The second-order valence-electron chi connectivity index (χ2n) is 3.41. The van der Waals surface area contributed by atoms with Crippen LogP contribution < -0.4 is 5.73 Å². The van der Waals surface area contributed by atoms with Crippen LogP contribution in [0.15, 0.2) is 23.2 Å². The molecule has 4 heteroatoms. The maximum absolute atomic E-state index is 13.1. The molecule has 2 N–H and O–H groups in total. The van der Waals surface area contributed by atoms with Gasteiger partial charge in [0.1, 0.15) is 23.2 Å². The predicted molar refractivity (Wildman–Crippen MR) is 50.4 cm³/mol. The van der Waals surface area contributed by atoms with Gasteiger partial charge in [-0.2, -0.15) is 0 Å². The molecule has 0 bridgehead atoms. The van der Waals surface area contributed by atoms with Crippen LogP contribution in [-0.2, 0) is 0 Å². The van der Waals surface area contributed by atoms with E-state index < -0.39 is 11.6 Å². The van der Waals surface area contributed by atoms with Gasteiger partial charge in [0.15, 0.2) is 0 Å². The second-order valence-corrected chi connectivity index (χ2v) is 3.41. The Morgan fingerprint density at radius 3 is 2.71 bits per heavy atom. The van der Waals surface area contributed by atoms with E-state index in [1.807, 2.05) is 0 Å². The summed E-state index contributed by atoms with van der Waals surface area (Å²) < 4.78 is 25.8. The Labute approximate surface area is 80.5 Å². The lowest BCUT2D eigenvalue weighted by molar-refractivity contribution is 0.602. The molecule has 0 spiro atoms. The Bertz CT molecular complexity index is 384. The van der Waals surface area contributed by atoms with Gasteiger partial charge in [-0.05, 0) is 25.0 Å². The summed E-state index contributed by atoms with van der Waals surface area (Å²) in [6.45, 7) is 0. The van der Waals surface area contributed by atoms with Crippen molar-refractivity contribution in [2.75, 3.05) is 0 Å². The molecule has 0 amide bonds. The third-order valence-corrected chi connectivity index (χ3v) is 2.15. The minimum absolute atomic E-state index is 0.0191. The number of aliphatic imine (C=N–C) groups is 1. The quantitative estimate of drug-likeness (QED) is 0.572. The summed E-state index contributed by atoms with van der Waals surface area (Å²) in [4.78, 5) is 3.86. The second kappa shape index (κ2) is 3.36. The van der Waals surface area contributed by atoms with Gasteiger partial charge >= 0.3 is 0 Å². The van der Waals surface area contributed by atoms with Crippen LogP contribution in [0.5, 0.6) is 0 Å². The van der Waals surface area contributed by atoms with Crippen LogP contribution in [0.25, 0.3) is 0 Å². The van der Waals surface area contributed by atoms with Gasteiger partial charge in [-0.25, -0.2) is 13.8 Å². The molecule has 1 fully saturated rings. The summed E-state index contributed by atoms with van der Waals surface area (Å²) >= 11 is 0. The zero-order valence-corrected chi connectivity index (χ0v) is 7.50. The number of rotatable bonds is 2. The van der Waals surface area contributed by atoms with Crippen LogP contribution in [0.1, 0.15) is 12.8 Å². The average molecular weight is 196 g/mol. The Hall–Kier alpha value is -1.45. The average Bonchev–Trinajstić information content (AvgIpc) is 2.94. The fraction of sp³-hybridized carbons (Fsp3) is 0.300. The van der Waals surface area contributed by atoms with Gasteiger partial charge in [0.2, 0.25) is 0 Å². The molecule has 2 nitrogen and oxygen atoms in total. The van der Waals surface area contributed by atoms with E-state index in [1.165, 1.54) is 0 Å². The monoisotopic (exact) mass is 196 g/mol. The maximum Gasteiger partial charge on any atom is 0.149 e. The molecule has 0 aliphatic heterocycles. The maximum atomic E-state index is 13.1. The van der Waals surface area contributed by atoms with Crippen molar-refractivity contribution in [3.05, 3.63) is 29.8 Å². The first-order valence-corrected chi connectivity index (χ1v) is 4.46. The molecule has 14 heavy (non-hydrogen) atoms. The van der Waals surface area contributed by atoms with Crippen LogP contribution in [0.2, 0.25) is 0 Å². The summed E-state index contributed by atoms with van der Waals surface area (Å²) in [5.41, 5.74) is 5.57. The molecule has 1 aromatic carbocycles. The molecule has 0 radical (unpaired) electrons.